The maximum Gasteiger partial charge on any atom is 0.139 e. The highest BCUT2D eigenvalue weighted by Crippen LogP contribution is 2.42. The number of hydrogen-bond donors (Lipinski definition) is 1. The number of ether oxygens (including phenoxy) is 1. The second-order valence-corrected chi connectivity index (χ2v) is 5.47. The van der Waals surface area contributed by atoms with E-state index in [2.05, 4.69) is 5.10 Å². The SMILES string of the molecule is COc1ccsc1-c1nn(C)c(N)c1-c1ccc(F)cc1. The minimum absolute atomic E-state index is 0.281. The van der Waals surface area contributed by atoms with Crippen molar-refractivity contribution in [1.82, 2.24) is 9.78 Å². The third-order valence-electron chi connectivity index (χ3n) is 3.29. The Labute approximate surface area is 125 Å². The Balaban J connectivity index is 2.23. The van der Waals surface area contributed by atoms with Crippen molar-refractivity contribution in [2.75, 3.05) is 12.8 Å². The number of nitrogen functional groups attached to an aromatic ring is 1. The lowest BCUT2D eigenvalue weighted by molar-refractivity contribution is 0.418. The van der Waals surface area contributed by atoms with Crippen LogP contribution in [-0.4, -0.2) is 16.9 Å². The van der Waals surface area contributed by atoms with Crippen molar-refractivity contribution in [1.29, 1.82) is 0 Å². The molecule has 2 heterocycles. The molecule has 0 aliphatic rings. The fourth-order valence-electron chi connectivity index (χ4n) is 2.23. The van der Waals surface area contributed by atoms with Crippen molar-refractivity contribution in [2.24, 2.45) is 7.05 Å². The Hall–Kier alpha value is -2.34. The third kappa shape index (κ3) is 2.27. The van der Waals surface area contributed by atoms with Gasteiger partial charge >= 0.3 is 0 Å². The molecule has 0 bridgehead atoms. The van der Waals surface area contributed by atoms with Gasteiger partial charge in [-0.2, -0.15) is 5.10 Å². The number of thiophene rings is 1. The highest BCUT2D eigenvalue weighted by Gasteiger charge is 2.21. The predicted molar refractivity (Wildman–Crippen MR) is 82.9 cm³/mol. The minimum atomic E-state index is -0.281. The van der Waals surface area contributed by atoms with Crippen molar-refractivity contribution < 1.29 is 9.13 Å². The third-order valence-corrected chi connectivity index (χ3v) is 4.19. The summed E-state index contributed by atoms with van der Waals surface area (Å²) in [7, 11) is 3.40. The minimum Gasteiger partial charge on any atom is -0.495 e. The van der Waals surface area contributed by atoms with Gasteiger partial charge < -0.3 is 10.5 Å². The molecule has 0 unspecified atom stereocenters. The van der Waals surface area contributed by atoms with Crippen LogP contribution in [0, 0.1) is 5.82 Å². The number of aromatic nitrogens is 2. The maximum atomic E-state index is 13.1. The van der Waals surface area contributed by atoms with Crippen LogP contribution in [0.25, 0.3) is 21.7 Å². The van der Waals surface area contributed by atoms with Crippen molar-refractivity contribution in [3.8, 4) is 27.4 Å². The van der Waals surface area contributed by atoms with Crippen LogP contribution < -0.4 is 10.5 Å². The lowest BCUT2D eigenvalue weighted by atomic mass is 10.0. The van der Waals surface area contributed by atoms with Crippen LogP contribution in [0.4, 0.5) is 10.2 Å². The van der Waals surface area contributed by atoms with Gasteiger partial charge in [-0.3, -0.25) is 4.68 Å². The highest BCUT2D eigenvalue weighted by atomic mass is 32.1. The van der Waals surface area contributed by atoms with Crippen LogP contribution in [0.5, 0.6) is 5.75 Å². The van der Waals surface area contributed by atoms with E-state index in [1.165, 1.54) is 23.5 Å². The zero-order valence-electron chi connectivity index (χ0n) is 11.6. The Bertz CT molecular complexity index is 777. The van der Waals surface area contributed by atoms with E-state index in [0.29, 0.717) is 5.82 Å². The van der Waals surface area contributed by atoms with Crippen LogP contribution in [-0.2, 0) is 7.05 Å². The fraction of sp³-hybridized carbons (Fsp3) is 0.133. The van der Waals surface area contributed by atoms with E-state index in [9.17, 15) is 4.39 Å². The van der Waals surface area contributed by atoms with E-state index in [0.717, 1.165) is 27.4 Å². The molecule has 0 atom stereocenters. The highest BCUT2D eigenvalue weighted by molar-refractivity contribution is 7.14. The monoisotopic (exact) mass is 303 g/mol. The van der Waals surface area contributed by atoms with Crippen LogP contribution in [0.15, 0.2) is 35.7 Å². The van der Waals surface area contributed by atoms with Gasteiger partial charge in [0, 0.05) is 7.05 Å². The first kappa shape index (κ1) is 13.6. The van der Waals surface area contributed by atoms with Gasteiger partial charge in [-0.05, 0) is 29.1 Å². The van der Waals surface area contributed by atoms with E-state index >= 15 is 0 Å². The Kier molecular flexibility index (Phi) is 3.39. The zero-order chi connectivity index (χ0) is 15.0. The standard InChI is InChI=1S/C15H14FN3OS/c1-19-15(17)12(9-3-5-10(16)6-4-9)13(18-19)14-11(20-2)7-8-21-14/h3-8H,17H2,1-2H3. The number of nitrogens with zero attached hydrogens (tertiary/aromatic N) is 2. The summed E-state index contributed by atoms with van der Waals surface area (Å²) < 4.78 is 20.1. The fourth-order valence-corrected chi connectivity index (χ4v) is 3.08. The van der Waals surface area contributed by atoms with E-state index < -0.39 is 0 Å². The molecule has 4 nitrogen and oxygen atoms in total. The first-order chi connectivity index (χ1) is 10.1. The average molecular weight is 303 g/mol. The van der Waals surface area contributed by atoms with Gasteiger partial charge in [-0.1, -0.05) is 12.1 Å². The largest absolute Gasteiger partial charge is 0.495 e. The second-order valence-electron chi connectivity index (χ2n) is 4.56. The summed E-state index contributed by atoms with van der Waals surface area (Å²) in [5.41, 5.74) is 8.50. The molecule has 0 saturated heterocycles. The van der Waals surface area contributed by atoms with Crippen molar-refractivity contribution in [3.63, 3.8) is 0 Å². The molecule has 2 aromatic heterocycles. The summed E-state index contributed by atoms with van der Waals surface area (Å²) in [4.78, 5) is 0.907. The summed E-state index contributed by atoms with van der Waals surface area (Å²) in [5, 5.41) is 6.43. The van der Waals surface area contributed by atoms with Crippen LogP contribution >= 0.6 is 11.3 Å². The number of methoxy groups -OCH3 is 1. The first-order valence-electron chi connectivity index (χ1n) is 6.32. The molecule has 0 aliphatic carbocycles. The molecular weight excluding hydrogens is 289 g/mol. The van der Waals surface area contributed by atoms with Gasteiger partial charge in [0.05, 0.1) is 17.6 Å². The Morgan fingerprint density at radius 2 is 1.95 bits per heavy atom. The average Bonchev–Trinajstić information content (AvgIpc) is 3.06. The molecular formula is C15H14FN3OS. The van der Waals surface area contributed by atoms with Crippen molar-refractivity contribution >= 4 is 17.2 Å². The van der Waals surface area contributed by atoms with Crippen LogP contribution in [0.3, 0.4) is 0 Å². The second kappa shape index (κ2) is 5.21. The molecule has 0 aliphatic heterocycles. The molecule has 21 heavy (non-hydrogen) atoms. The number of anilines is 1. The molecule has 0 fully saturated rings. The topological polar surface area (TPSA) is 53.1 Å². The molecule has 108 valence electrons. The smallest absolute Gasteiger partial charge is 0.139 e. The number of aryl methyl sites for hydroxylation is 1. The van der Waals surface area contributed by atoms with Crippen molar-refractivity contribution in [2.45, 2.75) is 0 Å². The molecule has 3 rings (SSSR count). The number of benzene rings is 1. The van der Waals surface area contributed by atoms with Crippen LogP contribution in [0.2, 0.25) is 0 Å². The van der Waals surface area contributed by atoms with E-state index in [1.807, 2.05) is 11.4 Å². The first-order valence-corrected chi connectivity index (χ1v) is 7.20. The molecule has 0 spiro atoms. The lowest BCUT2D eigenvalue weighted by Gasteiger charge is -2.05. The predicted octanol–water partition coefficient (Wildman–Crippen LogP) is 3.55. The Morgan fingerprint density at radius 3 is 2.62 bits per heavy atom. The quantitative estimate of drug-likeness (QED) is 0.805. The zero-order valence-corrected chi connectivity index (χ0v) is 12.4. The Morgan fingerprint density at radius 1 is 1.24 bits per heavy atom. The summed E-state index contributed by atoms with van der Waals surface area (Å²) in [5.74, 6) is 1.00. The molecule has 0 amide bonds. The van der Waals surface area contributed by atoms with E-state index in [1.54, 1.807) is 31.0 Å². The van der Waals surface area contributed by atoms with Gasteiger partial charge in [0.1, 0.15) is 23.1 Å². The summed E-state index contributed by atoms with van der Waals surface area (Å²) >= 11 is 1.53. The lowest BCUT2D eigenvalue weighted by Crippen LogP contribution is -1.97. The molecule has 6 heteroatoms. The summed E-state index contributed by atoms with van der Waals surface area (Å²) in [6, 6.07) is 8.12. The van der Waals surface area contributed by atoms with E-state index in [-0.39, 0.29) is 5.82 Å². The molecule has 1 aromatic carbocycles. The number of nitrogens with two attached hydrogens (primary N) is 1. The van der Waals surface area contributed by atoms with Gasteiger partial charge in [-0.25, -0.2) is 4.39 Å². The van der Waals surface area contributed by atoms with Crippen LogP contribution in [0.1, 0.15) is 0 Å². The number of halogens is 1. The van der Waals surface area contributed by atoms with Gasteiger partial charge in [-0.15, -0.1) is 11.3 Å². The molecule has 0 saturated carbocycles. The normalized spacial score (nSPS) is 10.8. The number of hydrogen-bond acceptors (Lipinski definition) is 4. The number of rotatable bonds is 3. The molecule has 3 aromatic rings. The maximum absolute atomic E-state index is 13.1. The molecule has 2 N–H and O–H groups in total. The van der Waals surface area contributed by atoms with Gasteiger partial charge in [0.25, 0.3) is 0 Å². The van der Waals surface area contributed by atoms with Crippen molar-refractivity contribution in [3.05, 3.63) is 41.5 Å². The van der Waals surface area contributed by atoms with Gasteiger partial charge in [0.2, 0.25) is 0 Å². The summed E-state index contributed by atoms with van der Waals surface area (Å²) in [6.45, 7) is 0. The summed E-state index contributed by atoms with van der Waals surface area (Å²) in [6.07, 6.45) is 0. The van der Waals surface area contributed by atoms with Gasteiger partial charge in [0.15, 0.2) is 0 Å². The van der Waals surface area contributed by atoms with E-state index in [4.69, 9.17) is 10.5 Å². The molecule has 0 radical (unpaired) electrons.